The fourth-order valence-corrected chi connectivity index (χ4v) is 4.88. The van der Waals surface area contributed by atoms with Gasteiger partial charge in [0.1, 0.15) is 6.04 Å². The van der Waals surface area contributed by atoms with E-state index in [1.165, 1.54) is 0 Å². The van der Waals surface area contributed by atoms with Crippen LogP contribution in [0.4, 0.5) is 5.69 Å². The van der Waals surface area contributed by atoms with Crippen molar-refractivity contribution in [3.8, 4) is 0 Å². The first-order valence-electron chi connectivity index (χ1n) is 8.42. The molecule has 0 radical (unpaired) electrons. The highest BCUT2D eigenvalue weighted by Gasteiger charge is 2.32. The molecule has 1 fully saturated rings. The monoisotopic (exact) mass is 392 g/mol. The highest BCUT2D eigenvalue weighted by Crippen LogP contribution is 2.23. The molecule has 1 heterocycles. The van der Waals surface area contributed by atoms with Crippen LogP contribution in [0, 0.1) is 6.92 Å². The molecule has 1 amide bonds. The minimum atomic E-state index is -3.03. The number of anilines is 1. The lowest BCUT2D eigenvalue weighted by atomic mass is 10.0. The molecule has 1 saturated heterocycles. The maximum absolute atomic E-state index is 12.9. The van der Waals surface area contributed by atoms with Crippen LogP contribution in [0.2, 0.25) is 5.02 Å². The summed E-state index contributed by atoms with van der Waals surface area (Å²) in [5, 5.41) is 6.66. The summed E-state index contributed by atoms with van der Waals surface area (Å²) in [5.41, 5.74) is 2.32. The Kier molecular flexibility index (Phi) is 5.65. The molecule has 0 unspecified atom stereocenters. The van der Waals surface area contributed by atoms with Gasteiger partial charge in [0.2, 0.25) is 5.91 Å². The number of nitrogens with one attached hydrogen (secondary N) is 2. The number of halogens is 1. The summed E-state index contributed by atoms with van der Waals surface area (Å²) in [7, 11) is -3.03. The number of carbonyl (C=O) groups is 1. The topological polar surface area (TPSA) is 75.3 Å². The van der Waals surface area contributed by atoms with Gasteiger partial charge in [0.05, 0.1) is 11.5 Å². The molecular formula is C19H21ClN2O3S. The Hall–Kier alpha value is -1.89. The molecule has 2 aromatic carbocycles. The Balaban J connectivity index is 1.80. The molecule has 138 valence electrons. The summed E-state index contributed by atoms with van der Waals surface area (Å²) in [6, 6.07) is 13.7. The van der Waals surface area contributed by atoms with Crippen LogP contribution in [0.5, 0.6) is 0 Å². The summed E-state index contributed by atoms with van der Waals surface area (Å²) >= 11 is 6.13. The second-order valence-corrected chi connectivity index (χ2v) is 9.20. The Morgan fingerprint density at radius 2 is 1.92 bits per heavy atom. The van der Waals surface area contributed by atoms with E-state index in [9.17, 15) is 13.2 Å². The van der Waals surface area contributed by atoms with Crippen LogP contribution in [0.15, 0.2) is 48.5 Å². The third-order valence-electron chi connectivity index (χ3n) is 4.47. The second-order valence-electron chi connectivity index (χ2n) is 6.56. The van der Waals surface area contributed by atoms with E-state index in [1.807, 2.05) is 43.3 Å². The quantitative estimate of drug-likeness (QED) is 0.819. The van der Waals surface area contributed by atoms with Gasteiger partial charge in [0, 0.05) is 16.8 Å². The summed E-state index contributed by atoms with van der Waals surface area (Å²) in [5.74, 6) is -0.0400. The van der Waals surface area contributed by atoms with E-state index in [4.69, 9.17) is 11.6 Å². The predicted molar refractivity (Wildman–Crippen MR) is 104 cm³/mol. The molecule has 5 nitrogen and oxygen atoms in total. The highest BCUT2D eigenvalue weighted by molar-refractivity contribution is 7.91. The number of aryl methyl sites for hydroxylation is 1. The Morgan fingerprint density at radius 3 is 2.54 bits per heavy atom. The van der Waals surface area contributed by atoms with Crippen molar-refractivity contribution in [3.63, 3.8) is 0 Å². The molecule has 0 saturated carbocycles. The number of hydrogen-bond donors (Lipinski definition) is 2. The summed E-state index contributed by atoms with van der Waals surface area (Å²) in [6.07, 6.45) is 0.509. The average Bonchev–Trinajstić information content (AvgIpc) is 2.95. The van der Waals surface area contributed by atoms with Crippen molar-refractivity contribution in [3.05, 3.63) is 64.7 Å². The number of hydrogen-bond acceptors (Lipinski definition) is 4. The van der Waals surface area contributed by atoms with E-state index in [0.29, 0.717) is 17.1 Å². The van der Waals surface area contributed by atoms with Gasteiger partial charge in [-0.2, -0.15) is 0 Å². The largest absolute Gasteiger partial charge is 0.324 e. The fourth-order valence-electron chi connectivity index (χ4n) is 3.02. The van der Waals surface area contributed by atoms with E-state index in [2.05, 4.69) is 10.6 Å². The van der Waals surface area contributed by atoms with Gasteiger partial charge in [-0.05, 0) is 36.6 Å². The summed E-state index contributed by atoms with van der Waals surface area (Å²) in [6.45, 7) is 1.89. The molecule has 0 aliphatic carbocycles. The third-order valence-corrected chi connectivity index (χ3v) is 6.64. The standard InChI is InChI=1S/C19H21ClN2O3S/c1-13-7-8-15(11-17(13)20)22-19(23)18(14-5-3-2-4-6-14)21-16-9-10-26(24,25)12-16/h2-8,11,16,18,21H,9-10,12H2,1H3,(H,22,23)/t16-,18-/m1/s1. The van der Waals surface area contributed by atoms with Gasteiger partial charge in [-0.1, -0.05) is 48.0 Å². The summed E-state index contributed by atoms with van der Waals surface area (Å²) in [4.78, 5) is 12.9. The van der Waals surface area contributed by atoms with Gasteiger partial charge < -0.3 is 5.32 Å². The van der Waals surface area contributed by atoms with Crippen molar-refractivity contribution in [1.82, 2.24) is 5.32 Å². The van der Waals surface area contributed by atoms with Gasteiger partial charge in [-0.25, -0.2) is 8.42 Å². The molecule has 0 spiro atoms. The van der Waals surface area contributed by atoms with Crippen molar-refractivity contribution >= 4 is 33.0 Å². The Labute approximate surface area is 158 Å². The normalized spacial score (nSPS) is 19.8. The average molecular weight is 393 g/mol. The SMILES string of the molecule is Cc1ccc(NC(=O)[C@H](N[C@@H]2CCS(=O)(=O)C2)c2ccccc2)cc1Cl. The number of carbonyl (C=O) groups excluding carboxylic acids is 1. The molecule has 1 aliphatic heterocycles. The van der Waals surface area contributed by atoms with E-state index < -0.39 is 15.9 Å². The maximum Gasteiger partial charge on any atom is 0.246 e. The van der Waals surface area contributed by atoms with E-state index in [1.54, 1.807) is 12.1 Å². The number of amides is 1. The van der Waals surface area contributed by atoms with Gasteiger partial charge in [0.25, 0.3) is 0 Å². The first-order valence-corrected chi connectivity index (χ1v) is 10.6. The van der Waals surface area contributed by atoms with E-state index in [0.717, 1.165) is 11.1 Å². The molecule has 0 bridgehead atoms. The molecule has 1 aliphatic rings. The first-order chi connectivity index (χ1) is 12.3. The molecule has 2 aromatic rings. The van der Waals surface area contributed by atoms with Crippen LogP contribution >= 0.6 is 11.6 Å². The van der Waals surface area contributed by atoms with Crippen LogP contribution in [0.25, 0.3) is 0 Å². The van der Waals surface area contributed by atoms with Crippen molar-refractivity contribution in [2.24, 2.45) is 0 Å². The second kappa shape index (κ2) is 7.78. The molecule has 3 rings (SSSR count). The van der Waals surface area contributed by atoms with E-state index >= 15 is 0 Å². The van der Waals surface area contributed by atoms with Crippen molar-refractivity contribution < 1.29 is 13.2 Å². The van der Waals surface area contributed by atoms with Crippen molar-refractivity contribution in [2.45, 2.75) is 25.4 Å². The van der Waals surface area contributed by atoms with Crippen LogP contribution in [0.1, 0.15) is 23.6 Å². The predicted octanol–water partition coefficient (Wildman–Crippen LogP) is 3.10. The molecular weight excluding hydrogens is 372 g/mol. The van der Waals surface area contributed by atoms with E-state index in [-0.39, 0.29) is 23.5 Å². The van der Waals surface area contributed by atoms with Crippen LogP contribution < -0.4 is 10.6 Å². The Bertz CT molecular complexity index is 900. The molecule has 2 N–H and O–H groups in total. The lowest BCUT2D eigenvalue weighted by molar-refractivity contribution is -0.118. The lowest BCUT2D eigenvalue weighted by Crippen LogP contribution is -2.40. The third kappa shape index (κ3) is 4.63. The minimum absolute atomic E-state index is 0.0555. The minimum Gasteiger partial charge on any atom is -0.324 e. The number of rotatable bonds is 5. The van der Waals surface area contributed by atoms with Crippen LogP contribution in [0.3, 0.4) is 0 Å². The zero-order valence-corrected chi connectivity index (χ0v) is 16.0. The fraction of sp³-hybridized carbons (Fsp3) is 0.316. The smallest absolute Gasteiger partial charge is 0.246 e. The first kappa shape index (κ1) is 18.9. The Morgan fingerprint density at radius 1 is 1.19 bits per heavy atom. The lowest BCUT2D eigenvalue weighted by Gasteiger charge is -2.22. The van der Waals surface area contributed by atoms with Crippen molar-refractivity contribution in [2.75, 3.05) is 16.8 Å². The molecule has 2 atom stereocenters. The zero-order chi connectivity index (χ0) is 18.7. The molecule has 7 heteroatoms. The number of benzene rings is 2. The van der Waals surface area contributed by atoms with Gasteiger partial charge in [-0.15, -0.1) is 0 Å². The maximum atomic E-state index is 12.9. The highest BCUT2D eigenvalue weighted by atomic mass is 35.5. The van der Waals surface area contributed by atoms with Crippen LogP contribution in [-0.2, 0) is 14.6 Å². The van der Waals surface area contributed by atoms with Gasteiger partial charge >= 0.3 is 0 Å². The molecule has 26 heavy (non-hydrogen) atoms. The summed E-state index contributed by atoms with van der Waals surface area (Å²) < 4.78 is 23.5. The van der Waals surface area contributed by atoms with Gasteiger partial charge in [-0.3, -0.25) is 10.1 Å². The molecule has 0 aromatic heterocycles. The zero-order valence-electron chi connectivity index (χ0n) is 14.4. The number of sulfone groups is 1. The van der Waals surface area contributed by atoms with Crippen LogP contribution in [-0.4, -0.2) is 31.9 Å². The van der Waals surface area contributed by atoms with Crippen molar-refractivity contribution in [1.29, 1.82) is 0 Å². The van der Waals surface area contributed by atoms with Gasteiger partial charge in [0.15, 0.2) is 9.84 Å².